The fourth-order valence-corrected chi connectivity index (χ4v) is 3.76. The molecule has 2 aliphatic heterocycles. The van der Waals surface area contributed by atoms with E-state index in [1.54, 1.807) is 7.05 Å². The van der Waals surface area contributed by atoms with E-state index in [1.807, 2.05) is 24.0 Å². The highest BCUT2D eigenvalue weighted by Crippen LogP contribution is 2.14. The molecule has 8 nitrogen and oxygen atoms in total. The molecule has 1 aromatic rings. The van der Waals surface area contributed by atoms with Crippen LogP contribution < -0.4 is 15.4 Å². The smallest absolute Gasteiger partial charge is 0.222 e. The standard InChI is InChI=1S/C22H35N5O3/c1-3-21(28)27-8-7-19(17-27)25-22(23-2)24-16-18-5-4-6-20(15-18)30-14-11-26-9-12-29-13-10-26/h4-6,15,19H,3,7-14,16-17H2,1-2H3,(H2,23,24,25). The van der Waals surface area contributed by atoms with Crippen molar-refractivity contribution in [3.05, 3.63) is 29.8 Å². The number of guanidine groups is 1. The summed E-state index contributed by atoms with van der Waals surface area (Å²) in [4.78, 5) is 20.5. The molecule has 166 valence electrons. The molecule has 0 aliphatic carbocycles. The van der Waals surface area contributed by atoms with Gasteiger partial charge in [-0.3, -0.25) is 14.7 Å². The van der Waals surface area contributed by atoms with Gasteiger partial charge < -0.3 is 25.0 Å². The van der Waals surface area contributed by atoms with Gasteiger partial charge in [-0.1, -0.05) is 19.1 Å². The maximum atomic E-state index is 11.9. The molecule has 2 aliphatic rings. The van der Waals surface area contributed by atoms with Crippen molar-refractivity contribution in [3.63, 3.8) is 0 Å². The van der Waals surface area contributed by atoms with Crippen molar-refractivity contribution in [1.29, 1.82) is 0 Å². The van der Waals surface area contributed by atoms with Crippen LogP contribution in [0.4, 0.5) is 0 Å². The zero-order valence-electron chi connectivity index (χ0n) is 18.2. The van der Waals surface area contributed by atoms with Crippen molar-refractivity contribution in [3.8, 4) is 5.75 Å². The van der Waals surface area contributed by atoms with E-state index >= 15 is 0 Å². The van der Waals surface area contributed by atoms with Crippen LogP contribution in [0.3, 0.4) is 0 Å². The molecule has 1 amide bonds. The summed E-state index contributed by atoms with van der Waals surface area (Å²) >= 11 is 0. The minimum atomic E-state index is 0.215. The maximum Gasteiger partial charge on any atom is 0.222 e. The van der Waals surface area contributed by atoms with Crippen molar-refractivity contribution in [1.82, 2.24) is 20.4 Å². The maximum absolute atomic E-state index is 11.9. The predicted molar refractivity (Wildman–Crippen MR) is 118 cm³/mol. The summed E-state index contributed by atoms with van der Waals surface area (Å²) in [6, 6.07) is 8.39. The number of aliphatic imine (C=N–C) groups is 1. The molecule has 30 heavy (non-hydrogen) atoms. The highest BCUT2D eigenvalue weighted by Gasteiger charge is 2.25. The van der Waals surface area contributed by atoms with Gasteiger partial charge in [0.15, 0.2) is 5.96 Å². The van der Waals surface area contributed by atoms with E-state index in [2.05, 4.69) is 32.7 Å². The van der Waals surface area contributed by atoms with Gasteiger partial charge in [0.2, 0.25) is 5.91 Å². The average molecular weight is 418 g/mol. The van der Waals surface area contributed by atoms with Crippen LogP contribution >= 0.6 is 0 Å². The summed E-state index contributed by atoms with van der Waals surface area (Å²) in [7, 11) is 1.77. The van der Waals surface area contributed by atoms with Crippen molar-refractivity contribution >= 4 is 11.9 Å². The summed E-state index contributed by atoms with van der Waals surface area (Å²) in [6.07, 6.45) is 1.50. The molecule has 1 atom stereocenters. The molecule has 2 saturated heterocycles. The van der Waals surface area contributed by atoms with Crippen molar-refractivity contribution in [2.75, 3.05) is 59.6 Å². The van der Waals surface area contributed by atoms with Crippen LogP contribution in [0, 0.1) is 0 Å². The molecule has 1 aromatic carbocycles. The highest BCUT2D eigenvalue weighted by molar-refractivity contribution is 5.80. The number of hydrogen-bond acceptors (Lipinski definition) is 5. The number of morpholine rings is 1. The van der Waals surface area contributed by atoms with Crippen molar-refractivity contribution in [2.45, 2.75) is 32.4 Å². The molecular weight excluding hydrogens is 382 g/mol. The van der Waals surface area contributed by atoms with Crippen molar-refractivity contribution < 1.29 is 14.3 Å². The molecule has 2 heterocycles. The number of rotatable bonds is 8. The summed E-state index contributed by atoms with van der Waals surface area (Å²) < 4.78 is 11.3. The topological polar surface area (TPSA) is 78.4 Å². The summed E-state index contributed by atoms with van der Waals surface area (Å²) in [5.41, 5.74) is 1.14. The largest absolute Gasteiger partial charge is 0.492 e. The van der Waals surface area contributed by atoms with Gasteiger partial charge in [0.1, 0.15) is 12.4 Å². The number of carbonyl (C=O) groups excluding carboxylic acids is 1. The molecule has 3 rings (SSSR count). The Morgan fingerprint density at radius 2 is 2.13 bits per heavy atom. The third kappa shape index (κ3) is 6.88. The van der Waals surface area contributed by atoms with Gasteiger partial charge >= 0.3 is 0 Å². The van der Waals surface area contributed by atoms with Gasteiger partial charge in [-0.05, 0) is 24.1 Å². The normalized spacial score (nSPS) is 20.3. The first-order valence-electron chi connectivity index (χ1n) is 10.9. The highest BCUT2D eigenvalue weighted by atomic mass is 16.5. The van der Waals surface area contributed by atoms with Gasteiger partial charge in [0.25, 0.3) is 0 Å². The molecule has 1 unspecified atom stereocenters. The van der Waals surface area contributed by atoms with Gasteiger partial charge in [-0.15, -0.1) is 0 Å². The lowest BCUT2D eigenvalue weighted by molar-refractivity contribution is -0.129. The van der Waals surface area contributed by atoms with E-state index in [0.717, 1.165) is 69.6 Å². The number of ether oxygens (including phenoxy) is 2. The SMILES string of the molecule is CCC(=O)N1CCC(NC(=NC)NCc2cccc(OCCN3CCOCC3)c2)C1. The minimum Gasteiger partial charge on any atom is -0.492 e. The monoisotopic (exact) mass is 417 g/mol. The first-order chi connectivity index (χ1) is 14.7. The first kappa shape index (κ1) is 22.4. The Bertz CT molecular complexity index is 706. The Kier molecular flexibility index (Phi) is 8.77. The lowest BCUT2D eigenvalue weighted by Gasteiger charge is -2.26. The second kappa shape index (κ2) is 11.8. The Labute approximate surface area is 179 Å². The summed E-state index contributed by atoms with van der Waals surface area (Å²) in [5.74, 6) is 1.85. The number of likely N-dealkylation sites (tertiary alicyclic amines) is 1. The number of hydrogen-bond donors (Lipinski definition) is 2. The lowest BCUT2D eigenvalue weighted by atomic mass is 10.2. The zero-order chi connectivity index (χ0) is 21.2. The number of benzene rings is 1. The quantitative estimate of drug-likeness (QED) is 0.487. The number of carbonyl (C=O) groups is 1. The fourth-order valence-electron chi connectivity index (χ4n) is 3.76. The number of nitrogens with one attached hydrogen (secondary N) is 2. The third-order valence-corrected chi connectivity index (χ3v) is 5.55. The van der Waals surface area contributed by atoms with E-state index in [0.29, 0.717) is 19.6 Å². The summed E-state index contributed by atoms with van der Waals surface area (Å²) in [6.45, 7) is 9.28. The molecule has 0 aromatic heterocycles. The number of amides is 1. The first-order valence-corrected chi connectivity index (χ1v) is 10.9. The minimum absolute atomic E-state index is 0.215. The van der Waals surface area contributed by atoms with E-state index in [4.69, 9.17) is 9.47 Å². The van der Waals surface area contributed by atoms with Crippen LogP contribution in [-0.2, 0) is 16.1 Å². The summed E-state index contributed by atoms with van der Waals surface area (Å²) in [5, 5.41) is 6.79. The molecular formula is C22H35N5O3. The van der Waals surface area contributed by atoms with Crippen LogP contribution in [0.5, 0.6) is 5.75 Å². The van der Waals surface area contributed by atoms with Gasteiger partial charge in [0, 0.05) is 58.8 Å². The van der Waals surface area contributed by atoms with Crippen LogP contribution in [0.1, 0.15) is 25.3 Å². The van der Waals surface area contributed by atoms with Gasteiger partial charge in [0.05, 0.1) is 13.2 Å². The van der Waals surface area contributed by atoms with E-state index < -0.39 is 0 Å². The molecule has 0 spiro atoms. The van der Waals surface area contributed by atoms with E-state index in [1.165, 1.54) is 0 Å². The van der Waals surface area contributed by atoms with Crippen LogP contribution in [0.2, 0.25) is 0 Å². The van der Waals surface area contributed by atoms with Crippen LogP contribution in [0.25, 0.3) is 0 Å². The Morgan fingerprint density at radius 1 is 1.30 bits per heavy atom. The second-order valence-corrected chi connectivity index (χ2v) is 7.70. The van der Waals surface area contributed by atoms with Gasteiger partial charge in [-0.25, -0.2) is 0 Å². The van der Waals surface area contributed by atoms with Gasteiger partial charge in [-0.2, -0.15) is 0 Å². The zero-order valence-corrected chi connectivity index (χ0v) is 18.2. The molecule has 8 heteroatoms. The molecule has 0 saturated carbocycles. The Balaban J connectivity index is 1.41. The lowest BCUT2D eigenvalue weighted by Crippen LogP contribution is -2.44. The average Bonchev–Trinajstić information content (AvgIpc) is 3.25. The predicted octanol–water partition coefficient (Wildman–Crippen LogP) is 1.07. The molecule has 0 radical (unpaired) electrons. The number of nitrogens with zero attached hydrogens (tertiary/aromatic N) is 3. The van der Waals surface area contributed by atoms with Crippen LogP contribution in [0.15, 0.2) is 29.3 Å². The molecule has 0 bridgehead atoms. The fraction of sp³-hybridized carbons (Fsp3) is 0.636. The second-order valence-electron chi connectivity index (χ2n) is 7.70. The Morgan fingerprint density at radius 3 is 2.90 bits per heavy atom. The van der Waals surface area contributed by atoms with E-state index in [9.17, 15) is 4.79 Å². The van der Waals surface area contributed by atoms with Crippen LogP contribution in [-0.4, -0.2) is 87.3 Å². The van der Waals surface area contributed by atoms with Crippen molar-refractivity contribution in [2.24, 2.45) is 4.99 Å². The van der Waals surface area contributed by atoms with E-state index in [-0.39, 0.29) is 11.9 Å². The third-order valence-electron chi connectivity index (χ3n) is 5.55. The molecule has 2 N–H and O–H groups in total. The Hall–Kier alpha value is -2.32. The molecule has 2 fully saturated rings.